The molecule has 0 aromatic heterocycles. The smallest absolute Gasteiger partial charge is 0.314 e. The van der Waals surface area contributed by atoms with Crippen molar-refractivity contribution in [2.75, 3.05) is 0 Å². The quantitative estimate of drug-likeness (QED) is 0.363. The van der Waals surface area contributed by atoms with Crippen LogP contribution >= 0.6 is 0 Å². The van der Waals surface area contributed by atoms with Crippen LogP contribution in [0, 0.1) is 27.9 Å². The SMILES string of the molecule is O=C(Oc1cccc([N+](=O)[O-])c1)C1[C@@H]2CCCC[C@@H]12. The minimum absolute atomic E-state index is 0.0155. The average Bonchev–Trinajstić information content (AvgIpc) is 3.13. The van der Waals surface area contributed by atoms with E-state index in [4.69, 9.17) is 4.74 Å². The molecule has 2 saturated carbocycles. The predicted molar refractivity (Wildman–Crippen MR) is 67.7 cm³/mol. The zero-order valence-corrected chi connectivity index (χ0v) is 10.5. The minimum atomic E-state index is -0.492. The number of carbonyl (C=O) groups excluding carboxylic acids is 1. The van der Waals surface area contributed by atoms with Gasteiger partial charge in [-0.25, -0.2) is 0 Å². The Morgan fingerprint density at radius 3 is 2.58 bits per heavy atom. The summed E-state index contributed by atoms with van der Waals surface area (Å²) in [6.45, 7) is 0. The van der Waals surface area contributed by atoms with Gasteiger partial charge in [0.05, 0.1) is 16.9 Å². The third-order valence-corrected chi connectivity index (χ3v) is 4.18. The summed E-state index contributed by atoms with van der Waals surface area (Å²) in [7, 11) is 0. The van der Waals surface area contributed by atoms with E-state index < -0.39 is 4.92 Å². The Kier molecular flexibility index (Phi) is 2.97. The van der Waals surface area contributed by atoms with Gasteiger partial charge in [-0.05, 0) is 30.7 Å². The number of esters is 1. The molecule has 5 nitrogen and oxygen atoms in total. The second-order valence-corrected chi connectivity index (χ2v) is 5.31. The lowest BCUT2D eigenvalue weighted by Gasteiger charge is -2.04. The molecule has 0 unspecified atom stereocenters. The topological polar surface area (TPSA) is 69.4 Å². The minimum Gasteiger partial charge on any atom is -0.426 e. The first-order chi connectivity index (χ1) is 9.16. The number of carbonyl (C=O) groups is 1. The van der Waals surface area contributed by atoms with E-state index in [1.165, 1.54) is 31.0 Å². The van der Waals surface area contributed by atoms with Crippen LogP contribution in [0.1, 0.15) is 25.7 Å². The number of rotatable bonds is 3. The molecule has 2 fully saturated rings. The van der Waals surface area contributed by atoms with E-state index in [0.717, 1.165) is 12.8 Å². The van der Waals surface area contributed by atoms with Gasteiger partial charge in [-0.2, -0.15) is 0 Å². The van der Waals surface area contributed by atoms with Gasteiger partial charge in [0.1, 0.15) is 5.75 Å². The number of hydrogen-bond donors (Lipinski definition) is 0. The second kappa shape index (κ2) is 4.64. The molecule has 0 heterocycles. The average molecular weight is 261 g/mol. The van der Waals surface area contributed by atoms with E-state index >= 15 is 0 Å². The molecular weight excluding hydrogens is 246 g/mol. The highest BCUT2D eigenvalue weighted by atomic mass is 16.6. The fourth-order valence-corrected chi connectivity index (χ4v) is 3.19. The third-order valence-electron chi connectivity index (χ3n) is 4.18. The number of non-ortho nitro benzene ring substituents is 1. The van der Waals surface area contributed by atoms with Crippen molar-refractivity contribution in [3.8, 4) is 5.75 Å². The first-order valence-corrected chi connectivity index (χ1v) is 6.63. The number of benzene rings is 1. The Hall–Kier alpha value is -1.91. The zero-order valence-electron chi connectivity index (χ0n) is 10.5. The summed E-state index contributed by atoms with van der Waals surface area (Å²) < 4.78 is 5.28. The Balaban J connectivity index is 1.67. The van der Waals surface area contributed by atoms with E-state index in [1.54, 1.807) is 6.07 Å². The molecule has 0 saturated heterocycles. The van der Waals surface area contributed by atoms with Crippen LogP contribution in [0.15, 0.2) is 24.3 Å². The summed E-state index contributed by atoms with van der Waals surface area (Å²) in [6, 6.07) is 5.79. The molecular formula is C14H15NO4. The van der Waals surface area contributed by atoms with Crippen LogP contribution in [0.2, 0.25) is 0 Å². The van der Waals surface area contributed by atoms with E-state index in [0.29, 0.717) is 11.8 Å². The van der Waals surface area contributed by atoms with Crippen molar-refractivity contribution in [1.29, 1.82) is 0 Å². The molecule has 0 N–H and O–H groups in total. The highest BCUT2D eigenvalue weighted by Crippen LogP contribution is 2.55. The van der Waals surface area contributed by atoms with Gasteiger partial charge in [0, 0.05) is 6.07 Å². The molecule has 0 aliphatic heterocycles. The van der Waals surface area contributed by atoms with Gasteiger partial charge in [-0.1, -0.05) is 18.9 Å². The van der Waals surface area contributed by atoms with E-state index in [-0.39, 0.29) is 23.3 Å². The molecule has 0 spiro atoms. The van der Waals surface area contributed by atoms with Gasteiger partial charge in [-0.3, -0.25) is 14.9 Å². The van der Waals surface area contributed by atoms with Crippen LogP contribution in [0.3, 0.4) is 0 Å². The lowest BCUT2D eigenvalue weighted by molar-refractivity contribution is -0.384. The number of ether oxygens (including phenoxy) is 1. The summed E-state index contributed by atoms with van der Waals surface area (Å²) in [6.07, 6.45) is 4.61. The van der Waals surface area contributed by atoms with Crippen LogP contribution in [0.5, 0.6) is 5.75 Å². The Bertz CT molecular complexity index is 516. The first-order valence-electron chi connectivity index (χ1n) is 6.63. The summed E-state index contributed by atoms with van der Waals surface area (Å²) >= 11 is 0. The van der Waals surface area contributed by atoms with Gasteiger partial charge < -0.3 is 4.74 Å². The number of nitrogens with zero attached hydrogens (tertiary/aromatic N) is 1. The molecule has 2 aliphatic rings. The standard InChI is InChI=1S/C14H15NO4/c16-14(13-11-6-1-2-7-12(11)13)19-10-5-3-4-9(8-10)15(17)18/h3-5,8,11-13H,1-2,6-7H2/t11-,12-/m1/s1. The van der Waals surface area contributed by atoms with Crippen molar-refractivity contribution < 1.29 is 14.5 Å². The molecule has 0 radical (unpaired) electrons. The van der Waals surface area contributed by atoms with Crippen LogP contribution in [0.4, 0.5) is 5.69 Å². The maximum Gasteiger partial charge on any atom is 0.314 e. The maximum atomic E-state index is 12.0. The third kappa shape index (κ3) is 2.32. The Morgan fingerprint density at radius 2 is 1.95 bits per heavy atom. The molecule has 0 amide bonds. The first kappa shape index (κ1) is 12.1. The molecule has 3 rings (SSSR count). The van der Waals surface area contributed by atoms with Crippen LogP contribution in [0.25, 0.3) is 0 Å². The van der Waals surface area contributed by atoms with Crippen molar-refractivity contribution in [2.24, 2.45) is 17.8 Å². The molecule has 2 aliphatic carbocycles. The predicted octanol–water partition coefficient (Wildman–Crippen LogP) is 2.94. The summed E-state index contributed by atoms with van der Waals surface area (Å²) in [4.78, 5) is 22.2. The van der Waals surface area contributed by atoms with Gasteiger partial charge in [0.2, 0.25) is 0 Å². The molecule has 100 valence electrons. The number of nitro groups is 1. The van der Waals surface area contributed by atoms with E-state index in [9.17, 15) is 14.9 Å². The second-order valence-electron chi connectivity index (χ2n) is 5.31. The van der Waals surface area contributed by atoms with E-state index in [2.05, 4.69) is 0 Å². The summed E-state index contributed by atoms with van der Waals surface area (Å²) in [5.41, 5.74) is -0.0569. The lowest BCUT2D eigenvalue weighted by atomic mass is 10.0. The number of hydrogen-bond acceptors (Lipinski definition) is 4. The Morgan fingerprint density at radius 1 is 1.26 bits per heavy atom. The number of fused-ring (bicyclic) bond motifs is 1. The van der Waals surface area contributed by atoms with Crippen LogP contribution < -0.4 is 4.74 Å². The molecule has 1 aromatic rings. The monoisotopic (exact) mass is 261 g/mol. The highest BCUT2D eigenvalue weighted by Gasteiger charge is 2.55. The zero-order chi connectivity index (χ0) is 13.4. The largest absolute Gasteiger partial charge is 0.426 e. The van der Waals surface area contributed by atoms with Crippen molar-refractivity contribution in [1.82, 2.24) is 0 Å². The fourth-order valence-electron chi connectivity index (χ4n) is 3.19. The molecule has 5 heteroatoms. The van der Waals surface area contributed by atoms with Crippen molar-refractivity contribution in [3.05, 3.63) is 34.4 Å². The molecule has 19 heavy (non-hydrogen) atoms. The highest BCUT2D eigenvalue weighted by molar-refractivity contribution is 5.79. The van der Waals surface area contributed by atoms with Gasteiger partial charge >= 0.3 is 5.97 Å². The van der Waals surface area contributed by atoms with Crippen molar-refractivity contribution >= 4 is 11.7 Å². The lowest BCUT2D eigenvalue weighted by Crippen LogP contribution is -2.12. The van der Waals surface area contributed by atoms with Crippen LogP contribution in [-0.2, 0) is 4.79 Å². The van der Waals surface area contributed by atoms with Gasteiger partial charge in [0.15, 0.2) is 0 Å². The maximum absolute atomic E-state index is 12.0. The molecule has 0 bridgehead atoms. The van der Waals surface area contributed by atoms with Crippen molar-refractivity contribution in [2.45, 2.75) is 25.7 Å². The van der Waals surface area contributed by atoms with Gasteiger partial charge in [-0.15, -0.1) is 0 Å². The van der Waals surface area contributed by atoms with Crippen LogP contribution in [-0.4, -0.2) is 10.9 Å². The normalized spacial score (nSPS) is 28.3. The molecule has 2 atom stereocenters. The summed E-state index contributed by atoms with van der Waals surface area (Å²) in [5, 5.41) is 10.7. The number of nitro benzene ring substituents is 1. The van der Waals surface area contributed by atoms with E-state index in [1.807, 2.05) is 0 Å². The molecule has 1 aromatic carbocycles. The van der Waals surface area contributed by atoms with Crippen molar-refractivity contribution in [3.63, 3.8) is 0 Å². The Labute approximate surface area is 110 Å². The van der Waals surface area contributed by atoms with Gasteiger partial charge in [0.25, 0.3) is 5.69 Å². The fraction of sp³-hybridized carbons (Fsp3) is 0.500. The summed E-state index contributed by atoms with van der Waals surface area (Å²) in [5.74, 6) is 1.03.